The van der Waals surface area contributed by atoms with E-state index in [1.807, 2.05) is 74.8 Å². The fraction of sp³-hybridized carbons (Fsp3) is 0.500. The number of likely N-dealkylation sites (N-methyl/N-ethyl adjacent to an activating group) is 2. The summed E-state index contributed by atoms with van der Waals surface area (Å²) in [5.41, 5.74) is 3.38. The van der Waals surface area contributed by atoms with Crippen LogP contribution in [-0.4, -0.2) is 108 Å². The summed E-state index contributed by atoms with van der Waals surface area (Å²) in [4.78, 5) is 60.2. The number of hydrogen-bond acceptors (Lipinski definition) is 6. The average Bonchev–Trinajstić information content (AvgIpc) is 3.88. The molecule has 4 fully saturated rings. The molecule has 0 saturated carbocycles. The fourth-order valence-corrected chi connectivity index (χ4v) is 7.43. The van der Waals surface area contributed by atoms with Gasteiger partial charge in [0.25, 0.3) is 0 Å². The van der Waals surface area contributed by atoms with Crippen LogP contribution in [0, 0.1) is 0 Å². The van der Waals surface area contributed by atoms with Crippen LogP contribution < -0.4 is 10.6 Å². The van der Waals surface area contributed by atoms with Crippen LogP contribution in [0.3, 0.4) is 0 Å². The van der Waals surface area contributed by atoms with Crippen LogP contribution in [0.2, 0.25) is 0 Å². The van der Waals surface area contributed by atoms with Crippen molar-refractivity contribution in [3.05, 3.63) is 59.7 Å². The molecule has 6 rings (SSSR count). The zero-order chi connectivity index (χ0) is 32.2. The molecule has 4 heterocycles. The van der Waals surface area contributed by atoms with Gasteiger partial charge in [-0.05, 0) is 114 Å². The van der Waals surface area contributed by atoms with Crippen LogP contribution in [-0.2, 0) is 19.2 Å². The number of nitrogens with one attached hydrogen (secondary N) is 2. The molecule has 4 atom stereocenters. The molecule has 4 aliphatic heterocycles. The van der Waals surface area contributed by atoms with Gasteiger partial charge in [0.05, 0.1) is 12.1 Å². The molecule has 4 aliphatic rings. The first-order valence-corrected chi connectivity index (χ1v) is 16.8. The Morgan fingerprint density at radius 1 is 0.543 bits per heavy atom. The summed E-state index contributed by atoms with van der Waals surface area (Å²) >= 11 is 0. The number of hydrogen-bond donors (Lipinski definition) is 2. The summed E-state index contributed by atoms with van der Waals surface area (Å²) < 4.78 is 0. The van der Waals surface area contributed by atoms with E-state index in [1.54, 1.807) is 9.80 Å². The van der Waals surface area contributed by atoms with Gasteiger partial charge < -0.3 is 20.4 Å². The Hall–Kier alpha value is -4.02. The van der Waals surface area contributed by atoms with Gasteiger partial charge in [0.15, 0.2) is 0 Å². The molecule has 0 aliphatic carbocycles. The van der Waals surface area contributed by atoms with Crippen molar-refractivity contribution in [3.63, 3.8) is 0 Å². The number of carbonyl (C=O) groups is 4. The lowest BCUT2D eigenvalue weighted by atomic mass is 10.1. The van der Waals surface area contributed by atoms with E-state index >= 15 is 0 Å². The smallest absolute Gasteiger partial charge is 0.247 e. The van der Waals surface area contributed by atoms with Crippen LogP contribution >= 0.6 is 0 Å². The van der Waals surface area contributed by atoms with Crippen LogP contribution in [0.1, 0.15) is 62.5 Å². The van der Waals surface area contributed by atoms with E-state index < -0.39 is 12.1 Å². The monoisotopic (exact) mass is 626 g/mol. The van der Waals surface area contributed by atoms with Gasteiger partial charge in [-0.1, -0.05) is 36.4 Å². The SMILES string of the molecule is CN1CCC[C@H]1C(=O)N1CCC[C@H]1C(=O)Nc1ccc(C=Cc2ccc(NC(=O)[C@@H]3CCCN3C(=O)[C@@H]3CCCN3C)cc2)cc1. The topological polar surface area (TPSA) is 105 Å². The number of benzene rings is 2. The second-order valence-corrected chi connectivity index (χ2v) is 13.2. The second kappa shape index (κ2) is 14.2. The van der Waals surface area contributed by atoms with Crippen LogP contribution in [0.5, 0.6) is 0 Å². The molecule has 0 bridgehead atoms. The van der Waals surface area contributed by atoms with E-state index in [4.69, 9.17) is 0 Å². The van der Waals surface area contributed by atoms with Gasteiger partial charge in [0.2, 0.25) is 23.6 Å². The van der Waals surface area contributed by atoms with Gasteiger partial charge in [0.1, 0.15) is 12.1 Å². The third-order valence-electron chi connectivity index (χ3n) is 10.1. The van der Waals surface area contributed by atoms with Gasteiger partial charge in [-0.15, -0.1) is 0 Å². The van der Waals surface area contributed by atoms with E-state index in [9.17, 15) is 19.2 Å². The van der Waals surface area contributed by atoms with E-state index in [1.165, 1.54) is 0 Å². The van der Waals surface area contributed by atoms with Gasteiger partial charge in [0, 0.05) is 24.5 Å². The normalized spacial score (nSPS) is 25.4. The molecule has 4 amide bonds. The first-order valence-electron chi connectivity index (χ1n) is 16.8. The summed E-state index contributed by atoms with van der Waals surface area (Å²) in [6.45, 7) is 3.12. The van der Waals surface area contributed by atoms with Gasteiger partial charge >= 0.3 is 0 Å². The van der Waals surface area contributed by atoms with Crippen molar-refractivity contribution in [2.75, 3.05) is 50.9 Å². The molecule has 4 saturated heterocycles. The van der Waals surface area contributed by atoms with Crippen molar-refractivity contribution >= 4 is 47.2 Å². The minimum atomic E-state index is -0.424. The Kier molecular flexibility index (Phi) is 9.84. The third kappa shape index (κ3) is 7.03. The Morgan fingerprint density at radius 2 is 0.891 bits per heavy atom. The molecule has 0 unspecified atom stereocenters. The largest absolute Gasteiger partial charge is 0.329 e. The molecular formula is C36H46N6O4. The molecule has 2 N–H and O–H groups in total. The van der Waals surface area contributed by atoms with Crippen molar-refractivity contribution in [2.24, 2.45) is 0 Å². The van der Waals surface area contributed by atoms with E-state index in [2.05, 4.69) is 20.4 Å². The molecule has 0 spiro atoms. The molecule has 10 nitrogen and oxygen atoms in total. The predicted octanol–water partition coefficient (Wildman–Crippen LogP) is 3.90. The Labute approximate surface area is 271 Å². The number of anilines is 2. The number of likely N-dealkylation sites (tertiary alicyclic amines) is 4. The van der Waals surface area contributed by atoms with Gasteiger partial charge in [-0.3, -0.25) is 29.0 Å². The van der Waals surface area contributed by atoms with E-state index in [0.29, 0.717) is 37.3 Å². The first-order chi connectivity index (χ1) is 22.3. The lowest BCUT2D eigenvalue weighted by Crippen LogP contribution is -2.49. The zero-order valence-electron chi connectivity index (χ0n) is 27.0. The molecule has 2 aromatic carbocycles. The highest BCUT2D eigenvalue weighted by Crippen LogP contribution is 2.27. The first kappa shape index (κ1) is 31.9. The number of rotatable bonds is 8. The van der Waals surface area contributed by atoms with Crippen molar-refractivity contribution in [1.82, 2.24) is 19.6 Å². The van der Waals surface area contributed by atoms with Crippen LogP contribution in [0.4, 0.5) is 11.4 Å². The maximum Gasteiger partial charge on any atom is 0.247 e. The molecule has 46 heavy (non-hydrogen) atoms. The lowest BCUT2D eigenvalue weighted by Gasteiger charge is -2.29. The lowest BCUT2D eigenvalue weighted by molar-refractivity contribution is -0.140. The number of nitrogens with zero attached hydrogens (tertiary/aromatic N) is 4. The van der Waals surface area contributed by atoms with Gasteiger partial charge in [-0.25, -0.2) is 0 Å². The summed E-state index contributed by atoms with van der Waals surface area (Å²) in [5, 5.41) is 6.02. The highest BCUT2D eigenvalue weighted by molar-refractivity contribution is 5.99. The minimum Gasteiger partial charge on any atom is -0.329 e. The van der Waals surface area contributed by atoms with E-state index in [-0.39, 0.29) is 35.7 Å². The van der Waals surface area contributed by atoms with Gasteiger partial charge in [-0.2, -0.15) is 0 Å². The third-order valence-corrected chi connectivity index (χ3v) is 10.1. The maximum absolute atomic E-state index is 13.1. The predicted molar refractivity (Wildman–Crippen MR) is 180 cm³/mol. The van der Waals surface area contributed by atoms with Crippen molar-refractivity contribution in [1.29, 1.82) is 0 Å². The molecule has 244 valence electrons. The Balaban J connectivity index is 0.995. The standard InChI is InChI=1S/C36H46N6O4/c1-39-21-3-9-31(39)35(45)41-23-5-7-29(41)33(43)37-27-17-13-25(14-18-27)11-12-26-15-19-28(20-16-26)38-34(44)30-8-6-24-42(30)36(46)32-10-4-22-40(32)2/h11-20,29-32H,3-10,21-24H2,1-2H3,(H,37,43)(H,38,44)/t29-,30-,31-,32-/m0/s1. The Morgan fingerprint density at radius 3 is 1.24 bits per heavy atom. The molecule has 2 aromatic rings. The van der Waals surface area contributed by atoms with E-state index in [0.717, 1.165) is 62.7 Å². The summed E-state index contributed by atoms with van der Waals surface area (Å²) in [6.07, 6.45) is 10.8. The minimum absolute atomic E-state index is 0.0771. The zero-order valence-corrected chi connectivity index (χ0v) is 27.0. The van der Waals surface area contributed by atoms with Crippen molar-refractivity contribution in [2.45, 2.75) is 75.5 Å². The second-order valence-electron chi connectivity index (χ2n) is 13.2. The molecule has 10 heteroatoms. The summed E-state index contributed by atoms with van der Waals surface area (Å²) in [5.74, 6) is -0.104. The summed E-state index contributed by atoms with van der Waals surface area (Å²) in [7, 11) is 3.97. The highest BCUT2D eigenvalue weighted by atomic mass is 16.2. The molecule has 0 aromatic heterocycles. The number of amides is 4. The summed E-state index contributed by atoms with van der Waals surface area (Å²) in [6, 6.07) is 14.2. The average molecular weight is 627 g/mol. The molecule has 0 radical (unpaired) electrons. The quantitative estimate of drug-likeness (QED) is 0.431. The fourth-order valence-electron chi connectivity index (χ4n) is 7.43. The van der Waals surface area contributed by atoms with Crippen molar-refractivity contribution in [3.8, 4) is 0 Å². The highest BCUT2D eigenvalue weighted by Gasteiger charge is 2.41. The Bertz CT molecular complexity index is 1350. The van der Waals surface area contributed by atoms with Crippen LogP contribution in [0.25, 0.3) is 12.2 Å². The number of carbonyl (C=O) groups excluding carboxylic acids is 4. The van der Waals surface area contributed by atoms with Crippen LogP contribution in [0.15, 0.2) is 48.5 Å². The van der Waals surface area contributed by atoms with Crippen molar-refractivity contribution < 1.29 is 19.2 Å². The maximum atomic E-state index is 13.1. The molecular weight excluding hydrogens is 580 g/mol.